The SMILES string of the molecule is CC(C)NC(=O)C(C)NCC1(C)CCCCC1. The van der Waals surface area contributed by atoms with Crippen molar-refractivity contribution in [3.8, 4) is 0 Å². The monoisotopic (exact) mass is 240 g/mol. The van der Waals surface area contributed by atoms with Crippen molar-refractivity contribution in [2.24, 2.45) is 5.41 Å². The van der Waals surface area contributed by atoms with E-state index in [1.807, 2.05) is 20.8 Å². The highest BCUT2D eigenvalue weighted by molar-refractivity contribution is 5.81. The molecule has 1 unspecified atom stereocenters. The van der Waals surface area contributed by atoms with E-state index in [0.29, 0.717) is 5.41 Å². The van der Waals surface area contributed by atoms with Crippen LogP contribution in [0, 0.1) is 5.41 Å². The van der Waals surface area contributed by atoms with Gasteiger partial charge in [0.25, 0.3) is 0 Å². The van der Waals surface area contributed by atoms with Gasteiger partial charge in [-0.3, -0.25) is 4.79 Å². The van der Waals surface area contributed by atoms with Gasteiger partial charge >= 0.3 is 0 Å². The Hall–Kier alpha value is -0.570. The van der Waals surface area contributed by atoms with E-state index < -0.39 is 0 Å². The van der Waals surface area contributed by atoms with Crippen molar-refractivity contribution in [1.29, 1.82) is 0 Å². The summed E-state index contributed by atoms with van der Waals surface area (Å²) in [6.45, 7) is 9.23. The molecule has 17 heavy (non-hydrogen) atoms. The van der Waals surface area contributed by atoms with E-state index in [9.17, 15) is 4.79 Å². The summed E-state index contributed by atoms with van der Waals surface area (Å²) < 4.78 is 0. The molecular formula is C14H28N2O. The second kappa shape index (κ2) is 6.39. The fourth-order valence-electron chi connectivity index (χ4n) is 2.48. The van der Waals surface area contributed by atoms with Crippen LogP contribution in [0.3, 0.4) is 0 Å². The molecule has 0 aromatic carbocycles. The van der Waals surface area contributed by atoms with E-state index in [-0.39, 0.29) is 18.0 Å². The summed E-state index contributed by atoms with van der Waals surface area (Å²) in [6, 6.07) is 0.133. The quantitative estimate of drug-likeness (QED) is 0.775. The van der Waals surface area contributed by atoms with Crippen molar-refractivity contribution >= 4 is 5.91 Å². The first-order chi connectivity index (χ1) is 7.93. The van der Waals surface area contributed by atoms with Gasteiger partial charge in [-0.05, 0) is 39.0 Å². The van der Waals surface area contributed by atoms with Gasteiger partial charge in [0.1, 0.15) is 0 Å². The van der Waals surface area contributed by atoms with Crippen molar-refractivity contribution in [3.05, 3.63) is 0 Å². The zero-order chi connectivity index (χ0) is 12.9. The van der Waals surface area contributed by atoms with Crippen molar-refractivity contribution in [3.63, 3.8) is 0 Å². The Balaban J connectivity index is 2.31. The lowest BCUT2D eigenvalue weighted by molar-refractivity contribution is -0.123. The number of carbonyl (C=O) groups excluding carboxylic acids is 1. The maximum Gasteiger partial charge on any atom is 0.237 e. The summed E-state index contributed by atoms with van der Waals surface area (Å²) in [5.74, 6) is 0.111. The molecule has 1 aliphatic rings. The molecule has 1 aliphatic carbocycles. The molecular weight excluding hydrogens is 212 g/mol. The van der Waals surface area contributed by atoms with Crippen molar-refractivity contribution in [2.45, 2.75) is 71.9 Å². The predicted octanol–water partition coefficient (Wildman–Crippen LogP) is 2.46. The molecule has 1 rings (SSSR count). The number of amides is 1. The second-order valence-electron chi connectivity index (χ2n) is 6.14. The average molecular weight is 240 g/mol. The van der Waals surface area contributed by atoms with E-state index in [2.05, 4.69) is 17.6 Å². The Morgan fingerprint density at radius 3 is 2.29 bits per heavy atom. The zero-order valence-electron chi connectivity index (χ0n) is 11.8. The molecule has 0 aromatic heterocycles. The Bertz CT molecular complexity index is 245. The highest BCUT2D eigenvalue weighted by Crippen LogP contribution is 2.34. The summed E-state index contributed by atoms with van der Waals surface area (Å²) in [5.41, 5.74) is 0.393. The third-order valence-corrected chi connectivity index (χ3v) is 3.72. The molecule has 0 heterocycles. The van der Waals surface area contributed by atoms with Crippen LogP contribution >= 0.6 is 0 Å². The van der Waals surface area contributed by atoms with Crippen LogP contribution in [0.25, 0.3) is 0 Å². The molecule has 1 fully saturated rings. The third-order valence-electron chi connectivity index (χ3n) is 3.72. The third kappa shape index (κ3) is 5.07. The topological polar surface area (TPSA) is 41.1 Å². The molecule has 3 nitrogen and oxygen atoms in total. The van der Waals surface area contributed by atoms with Gasteiger partial charge in [0, 0.05) is 12.6 Å². The molecule has 1 saturated carbocycles. The number of rotatable bonds is 5. The Labute approximate surface area is 106 Å². The van der Waals surface area contributed by atoms with Gasteiger partial charge in [0.05, 0.1) is 6.04 Å². The van der Waals surface area contributed by atoms with Crippen LogP contribution in [-0.2, 0) is 4.79 Å². The van der Waals surface area contributed by atoms with Crippen LogP contribution in [0.1, 0.15) is 59.8 Å². The number of nitrogens with one attached hydrogen (secondary N) is 2. The molecule has 0 aromatic rings. The van der Waals surface area contributed by atoms with E-state index in [1.165, 1.54) is 32.1 Å². The Morgan fingerprint density at radius 1 is 1.18 bits per heavy atom. The molecule has 0 aliphatic heterocycles. The summed E-state index contributed by atoms with van der Waals surface area (Å²) >= 11 is 0. The van der Waals surface area contributed by atoms with E-state index >= 15 is 0 Å². The summed E-state index contributed by atoms with van der Waals surface area (Å²) in [6.07, 6.45) is 6.63. The maximum absolute atomic E-state index is 11.8. The molecule has 1 atom stereocenters. The lowest BCUT2D eigenvalue weighted by Gasteiger charge is -2.34. The zero-order valence-corrected chi connectivity index (χ0v) is 11.8. The minimum absolute atomic E-state index is 0.0869. The molecule has 2 N–H and O–H groups in total. The van der Waals surface area contributed by atoms with E-state index in [1.54, 1.807) is 0 Å². The maximum atomic E-state index is 11.8. The van der Waals surface area contributed by atoms with E-state index in [4.69, 9.17) is 0 Å². The number of carbonyl (C=O) groups is 1. The fourth-order valence-corrected chi connectivity index (χ4v) is 2.48. The van der Waals surface area contributed by atoms with Gasteiger partial charge in [-0.15, -0.1) is 0 Å². The van der Waals surface area contributed by atoms with Crippen molar-refractivity contribution in [2.75, 3.05) is 6.54 Å². The lowest BCUT2D eigenvalue weighted by atomic mass is 9.75. The van der Waals surface area contributed by atoms with Crippen molar-refractivity contribution in [1.82, 2.24) is 10.6 Å². The standard InChI is InChI=1S/C14H28N2O/c1-11(2)16-13(17)12(3)15-10-14(4)8-6-5-7-9-14/h11-12,15H,5-10H2,1-4H3,(H,16,17). The molecule has 0 radical (unpaired) electrons. The van der Waals surface area contributed by atoms with Crippen LogP contribution in [0.4, 0.5) is 0 Å². The van der Waals surface area contributed by atoms with E-state index in [0.717, 1.165) is 6.54 Å². The minimum Gasteiger partial charge on any atom is -0.353 e. The first-order valence-corrected chi connectivity index (χ1v) is 6.97. The highest BCUT2D eigenvalue weighted by atomic mass is 16.2. The molecule has 1 amide bonds. The summed E-state index contributed by atoms with van der Waals surface area (Å²) in [7, 11) is 0. The number of hydrogen-bond acceptors (Lipinski definition) is 2. The average Bonchev–Trinajstić information content (AvgIpc) is 2.26. The van der Waals surface area contributed by atoms with Crippen LogP contribution in [0.15, 0.2) is 0 Å². The van der Waals surface area contributed by atoms with Crippen LogP contribution < -0.4 is 10.6 Å². The minimum atomic E-state index is -0.0869. The largest absolute Gasteiger partial charge is 0.353 e. The van der Waals surface area contributed by atoms with Crippen molar-refractivity contribution < 1.29 is 4.79 Å². The lowest BCUT2D eigenvalue weighted by Crippen LogP contribution is -2.47. The molecule has 100 valence electrons. The van der Waals surface area contributed by atoms with Crippen LogP contribution in [0.5, 0.6) is 0 Å². The van der Waals surface area contributed by atoms with Gasteiger partial charge in [-0.1, -0.05) is 26.2 Å². The Morgan fingerprint density at radius 2 is 1.76 bits per heavy atom. The fraction of sp³-hybridized carbons (Fsp3) is 0.929. The van der Waals surface area contributed by atoms with Crippen LogP contribution in [-0.4, -0.2) is 24.5 Å². The van der Waals surface area contributed by atoms with Gasteiger partial charge < -0.3 is 10.6 Å². The smallest absolute Gasteiger partial charge is 0.237 e. The van der Waals surface area contributed by atoms with Gasteiger partial charge in [-0.2, -0.15) is 0 Å². The molecule has 3 heteroatoms. The second-order valence-corrected chi connectivity index (χ2v) is 6.14. The molecule has 0 spiro atoms. The number of hydrogen-bond donors (Lipinski definition) is 2. The normalized spacial score (nSPS) is 21.2. The van der Waals surface area contributed by atoms with Gasteiger partial charge in [-0.25, -0.2) is 0 Å². The Kier molecular flexibility index (Phi) is 5.44. The highest BCUT2D eigenvalue weighted by Gasteiger charge is 2.27. The summed E-state index contributed by atoms with van der Waals surface area (Å²) in [5, 5.41) is 6.33. The first-order valence-electron chi connectivity index (χ1n) is 6.97. The van der Waals surface area contributed by atoms with Gasteiger partial charge in [0.15, 0.2) is 0 Å². The van der Waals surface area contributed by atoms with Gasteiger partial charge in [0.2, 0.25) is 5.91 Å². The summed E-state index contributed by atoms with van der Waals surface area (Å²) in [4.78, 5) is 11.8. The molecule has 0 saturated heterocycles. The van der Waals surface area contributed by atoms with Crippen LogP contribution in [0.2, 0.25) is 0 Å². The first kappa shape index (κ1) is 14.5. The molecule has 0 bridgehead atoms. The predicted molar refractivity (Wildman–Crippen MR) is 71.9 cm³/mol.